The molecule has 1 heterocycles. The van der Waals surface area contributed by atoms with Crippen LogP contribution in [0.4, 0.5) is 10.1 Å². The Kier molecular flexibility index (Phi) is 1.65. The first-order valence-electron chi connectivity index (χ1n) is 3.44. The molecule has 0 spiro atoms. The van der Waals surface area contributed by atoms with Gasteiger partial charge in [-0.25, -0.2) is 4.39 Å². The van der Waals surface area contributed by atoms with Gasteiger partial charge in [-0.2, -0.15) is 0 Å². The van der Waals surface area contributed by atoms with Gasteiger partial charge >= 0.3 is 0 Å². The van der Waals surface area contributed by atoms with Gasteiger partial charge in [-0.05, 0) is 33.6 Å². The van der Waals surface area contributed by atoms with Crippen molar-refractivity contribution in [3.05, 3.63) is 28.0 Å². The maximum Gasteiger partial charge on any atom is 0.228 e. The SMILES string of the molecule is O=C1Cc2cc(F)cc(Br)c2N1. The minimum Gasteiger partial charge on any atom is -0.325 e. The molecule has 0 bridgehead atoms. The summed E-state index contributed by atoms with van der Waals surface area (Å²) in [6.07, 6.45) is 0.270. The Balaban J connectivity index is 2.59. The van der Waals surface area contributed by atoms with E-state index in [-0.39, 0.29) is 18.1 Å². The molecule has 0 atom stereocenters. The van der Waals surface area contributed by atoms with E-state index in [0.717, 1.165) is 0 Å². The van der Waals surface area contributed by atoms with Gasteiger partial charge < -0.3 is 5.32 Å². The lowest BCUT2D eigenvalue weighted by Crippen LogP contribution is -2.03. The molecule has 0 radical (unpaired) electrons. The van der Waals surface area contributed by atoms with Gasteiger partial charge in [-0.1, -0.05) is 0 Å². The van der Waals surface area contributed by atoms with Crippen molar-refractivity contribution in [2.75, 3.05) is 5.32 Å². The number of hydrogen-bond acceptors (Lipinski definition) is 1. The first-order valence-corrected chi connectivity index (χ1v) is 4.24. The number of benzene rings is 1. The summed E-state index contributed by atoms with van der Waals surface area (Å²) in [7, 11) is 0. The Morgan fingerprint density at radius 3 is 3.00 bits per heavy atom. The van der Waals surface area contributed by atoms with Crippen LogP contribution in [-0.2, 0) is 11.2 Å². The van der Waals surface area contributed by atoms with Crippen LogP contribution in [0.2, 0.25) is 0 Å². The largest absolute Gasteiger partial charge is 0.325 e. The highest BCUT2D eigenvalue weighted by Gasteiger charge is 2.20. The zero-order chi connectivity index (χ0) is 8.72. The van der Waals surface area contributed by atoms with E-state index in [2.05, 4.69) is 21.2 Å². The summed E-state index contributed by atoms with van der Waals surface area (Å²) in [4.78, 5) is 10.9. The number of fused-ring (bicyclic) bond motifs is 1. The van der Waals surface area contributed by atoms with E-state index in [1.165, 1.54) is 12.1 Å². The fraction of sp³-hybridized carbons (Fsp3) is 0.125. The summed E-state index contributed by atoms with van der Waals surface area (Å²) >= 11 is 3.17. The highest BCUT2D eigenvalue weighted by Crippen LogP contribution is 2.31. The van der Waals surface area contributed by atoms with Gasteiger partial charge in [0.25, 0.3) is 0 Å². The van der Waals surface area contributed by atoms with E-state index >= 15 is 0 Å². The van der Waals surface area contributed by atoms with E-state index < -0.39 is 0 Å². The highest BCUT2D eigenvalue weighted by molar-refractivity contribution is 9.10. The smallest absolute Gasteiger partial charge is 0.228 e. The second-order valence-electron chi connectivity index (χ2n) is 2.65. The summed E-state index contributed by atoms with van der Waals surface area (Å²) in [6, 6.07) is 2.71. The van der Waals surface area contributed by atoms with Crippen LogP contribution in [-0.4, -0.2) is 5.91 Å². The molecule has 1 aromatic carbocycles. The van der Waals surface area contributed by atoms with Crippen molar-refractivity contribution in [3.8, 4) is 0 Å². The minimum absolute atomic E-state index is 0.0868. The normalized spacial score (nSPS) is 14.3. The van der Waals surface area contributed by atoms with Gasteiger partial charge in [0.05, 0.1) is 12.1 Å². The van der Waals surface area contributed by atoms with E-state index in [1.54, 1.807) is 0 Å². The monoisotopic (exact) mass is 229 g/mol. The number of carbonyl (C=O) groups excluding carboxylic acids is 1. The zero-order valence-electron chi connectivity index (χ0n) is 6.03. The van der Waals surface area contributed by atoms with Gasteiger partial charge in [0.2, 0.25) is 5.91 Å². The molecule has 2 nitrogen and oxygen atoms in total. The molecule has 4 heteroatoms. The van der Waals surface area contributed by atoms with Crippen LogP contribution in [0, 0.1) is 5.82 Å². The van der Waals surface area contributed by atoms with Crippen molar-refractivity contribution in [2.45, 2.75) is 6.42 Å². The third-order valence-electron chi connectivity index (χ3n) is 1.75. The van der Waals surface area contributed by atoms with Crippen LogP contribution in [0.3, 0.4) is 0 Å². The molecule has 1 aliphatic heterocycles. The molecule has 0 saturated carbocycles. The molecule has 0 aliphatic carbocycles. The Bertz CT molecular complexity index is 364. The van der Waals surface area contributed by atoms with Crippen molar-refractivity contribution in [1.29, 1.82) is 0 Å². The second kappa shape index (κ2) is 2.55. The molecule has 0 fully saturated rings. The van der Waals surface area contributed by atoms with Crippen molar-refractivity contribution in [3.63, 3.8) is 0 Å². The van der Waals surface area contributed by atoms with Crippen LogP contribution in [0.1, 0.15) is 5.56 Å². The molecule has 12 heavy (non-hydrogen) atoms. The van der Waals surface area contributed by atoms with E-state index in [1.807, 2.05) is 0 Å². The van der Waals surface area contributed by atoms with Gasteiger partial charge in [0.15, 0.2) is 0 Å². The van der Waals surface area contributed by atoms with E-state index in [4.69, 9.17) is 0 Å². The van der Waals surface area contributed by atoms with Crippen molar-refractivity contribution < 1.29 is 9.18 Å². The molecule has 1 N–H and O–H groups in total. The van der Waals surface area contributed by atoms with Crippen LogP contribution < -0.4 is 5.32 Å². The third kappa shape index (κ3) is 1.12. The van der Waals surface area contributed by atoms with Crippen LogP contribution >= 0.6 is 15.9 Å². The summed E-state index contributed by atoms with van der Waals surface area (Å²) in [5.74, 6) is -0.409. The Hall–Kier alpha value is -0.900. The maximum absolute atomic E-state index is 12.8. The molecule has 1 aromatic rings. The Labute approximate surface area is 76.9 Å². The standard InChI is InChI=1S/C8H5BrFNO/c9-6-3-5(10)1-4-2-7(12)11-8(4)6/h1,3H,2H2,(H,11,12). The van der Waals surface area contributed by atoms with Gasteiger partial charge in [-0.15, -0.1) is 0 Å². The molecule has 62 valence electrons. The van der Waals surface area contributed by atoms with E-state index in [0.29, 0.717) is 15.7 Å². The third-order valence-corrected chi connectivity index (χ3v) is 2.38. The minimum atomic E-state index is -0.322. The molecular formula is C8H5BrFNO. The van der Waals surface area contributed by atoms with Crippen LogP contribution in [0.25, 0.3) is 0 Å². The van der Waals surface area contributed by atoms with Gasteiger partial charge in [-0.3, -0.25) is 4.79 Å². The van der Waals surface area contributed by atoms with Crippen molar-refractivity contribution in [2.24, 2.45) is 0 Å². The van der Waals surface area contributed by atoms with Crippen molar-refractivity contribution in [1.82, 2.24) is 0 Å². The summed E-state index contributed by atoms with van der Waals surface area (Å²) in [5.41, 5.74) is 1.41. The fourth-order valence-corrected chi connectivity index (χ4v) is 1.84. The fourth-order valence-electron chi connectivity index (χ4n) is 1.26. The number of amides is 1. The lowest BCUT2D eigenvalue weighted by Gasteiger charge is -2.00. The lowest BCUT2D eigenvalue weighted by atomic mass is 10.2. The summed E-state index contributed by atoms with van der Waals surface area (Å²) in [6.45, 7) is 0. The first-order chi connectivity index (χ1) is 5.66. The highest BCUT2D eigenvalue weighted by atomic mass is 79.9. The average molecular weight is 230 g/mol. The molecule has 1 aliphatic rings. The topological polar surface area (TPSA) is 29.1 Å². The molecule has 0 unspecified atom stereocenters. The summed E-state index contributed by atoms with van der Waals surface area (Å²) in [5, 5.41) is 2.64. The molecular weight excluding hydrogens is 225 g/mol. The van der Waals surface area contributed by atoms with E-state index in [9.17, 15) is 9.18 Å². The lowest BCUT2D eigenvalue weighted by molar-refractivity contribution is -0.115. The number of nitrogens with one attached hydrogen (secondary N) is 1. The van der Waals surface area contributed by atoms with Gasteiger partial charge in [0.1, 0.15) is 5.82 Å². The number of carbonyl (C=O) groups is 1. The van der Waals surface area contributed by atoms with Crippen LogP contribution in [0.5, 0.6) is 0 Å². The van der Waals surface area contributed by atoms with Crippen molar-refractivity contribution >= 4 is 27.5 Å². The number of hydrogen-bond donors (Lipinski definition) is 1. The maximum atomic E-state index is 12.8. The second-order valence-corrected chi connectivity index (χ2v) is 3.50. The molecule has 2 rings (SSSR count). The number of halogens is 2. The number of rotatable bonds is 0. The molecule has 0 saturated heterocycles. The molecule has 0 aromatic heterocycles. The zero-order valence-corrected chi connectivity index (χ0v) is 7.61. The Morgan fingerprint density at radius 1 is 1.50 bits per heavy atom. The molecule has 1 amide bonds. The predicted octanol–water partition coefficient (Wildman–Crippen LogP) is 2.08. The average Bonchev–Trinajstić information content (AvgIpc) is 2.29. The van der Waals surface area contributed by atoms with Gasteiger partial charge in [0, 0.05) is 4.47 Å². The first kappa shape index (κ1) is 7.73. The summed E-state index contributed by atoms with van der Waals surface area (Å²) < 4.78 is 13.4. The quantitative estimate of drug-likeness (QED) is 0.726. The number of anilines is 1. The predicted molar refractivity (Wildman–Crippen MR) is 46.4 cm³/mol. The van der Waals surface area contributed by atoms with Crippen LogP contribution in [0.15, 0.2) is 16.6 Å². The Morgan fingerprint density at radius 2 is 2.25 bits per heavy atom.